The van der Waals surface area contributed by atoms with E-state index in [4.69, 9.17) is 21.3 Å². The van der Waals surface area contributed by atoms with Gasteiger partial charge in [-0.05, 0) is 25.1 Å². The quantitative estimate of drug-likeness (QED) is 0.250. The molecular weight excluding hydrogens is 396 g/mol. The molecule has 0 aliphatic heterocycles. The number of nitrogens with one attached hydrogen (secondary N) is 3. The largest absolute Gasteiger partial charge is 0.496 e. The summed E-state index contributed by atoms with van der Waals surface area (Å²) in [7, 11) is 1.56. The van der Waals surface area contributed by atoms with E-state index in [1.54, 1.807) is 13.2 Å². The monoisotopic (exact) mass is 426 g/mol. The van der Waals surface area contributed by atoms with Crippen LogP contribution in [0.5, 0.6) is 5.75 Å². The average Bonchev–Trinajstić information content (AvgIpc) is 3.14. The van der Waals surface area contributed by atoms with E-state index in [1.807, 2.05) is 28.8 Å². The molecule has 0 saturated heterocycles. The molecule has 1 unspecified atom stereocenters. The van der Waals surface area contributed by atoms with Crippen LogP contribution in [0.15, 0.2) is 29.1 Å². The van der Waals surface area contributed by atoms with Crippen molar-refractivity contribution in [2.45, 2.75) is 18.5 Å². The third-order valence-electron chi connectivity index (χ3n) is 5.85. The van der Waals surface area contributed by atoms with E-state index in [0.29, 0.717) is 55.8 Å². The van der Waals surface area contributed by atoms with Gasteiger partial charge in [-0.3, -0.25) is 14.4 Å². The molecule has 0 fully saturated rings. The molecule has 1 atom stereocenters. The second kappa shape index (κ2) is 8.81. The highest BCUT2D eigenvalue weighted by atomic mass is 16.5. The number of pyridine rings is 1. The zero-order valence-corrected chi connectivity index (χ0v) is 17.7. The van der Waals surface area contributed by atoms with E-state index in [0.717, 1.165) is 22.3 Å². The van der Waals surface area contributed by atoms with Gasteiger partial charge >= 0.3 is 0 Å². The van der Waals surface area contributed by atoms with E-state index in [2.05, 4.69) is 15.7 Å². The number of fused-ring (bicyclic) bond motifs is 2. The van der Waals surface area contributed by atoms with Gasteiger partial charge < -0.3 is 31.9 Å². The topological polar surface area (TPSA) is 143 Å². The van der Waals surface area contributed by atoms with E-state index in [1.165, 1.54) is 0 Å². The Labute approximate surface area is 180 Å². The Morgan fingerprint density at radius 1 is 1.26 bits per heavy atom. The Bertz CT molecular complexity index is 1180. The van der Waals surface area contributed by atoms with Crippen molar-refractivity contribution in [2.24, 2.45) is 11.5 Å². The molecule has 4 rings (SSSR count). The molecule has 1 aromatic carbocycles. The molecular formula is C22H30N6O3. The van der Waals surface area contributed by atoms with Gasteiger partial charge in [0, 0.05) is 31.7 Å². The minimum absolute atomic E-state index is 0.0502. The smallest absolute Gasteiger partial charge is 0.199 e. The zero-order valence-electron chi connectivity index (χ0n) is 17.7. The van der Waals surface area contributed by atoms with Crippen LogP contribution >= 0.6 is 0 Å². The van der Waals surface area contributed by atoms with Crippen molar-refractivity contribution in [2.75, 3.05) is 39.9 Å². The summed E-state index contributed by atoms with van der Waals surface area (Å²) in [6, 6.07) is 5.56. The number of H-pyrrole nitrogens is 1. The number of methoxy groups -OCH3 is 1. The van der Waals surface area contributed by atoms with Gasteiger partial charge in [0.25, 0.3) is 0 Å². The molecule has 3 aromatic rings. The number of nitrogens with zero attached hydrogens (tertiary/aromatic N) is 1. The summed E-state index contributed by atoms with van der Waals surface area (Å²) in [5, 5.41) is 19.5. The fraction of sp³-hybridized carbons (Fsp3) is 0.409. The molecule has 8 N–H and O–H groups in total. The predicted octanol–water partition coefficient (Wildman–Crippen LogP) is -0.00950. The Balaban J connectivity index is 1.95. The molecule has 1 aliphatic carbocycles. The van der Waals surface area contributed by atoms with Gasteiger partial charge in [0.1, 0.15) is 5.75 Å². The number of hydrogen-bond donors (Lipinski definition) is 6. The second-order valence-electron chi connectivity index (χ2n) is 7.81. The number of nitrogens with two attached hydrogens (primary N) is 2. The number of aromatic nitrogens is 2. The summed E-state index contributed by atoms with van der Waals surface area (Å²) in [6.07, 6.45) is 4.42. The van der Waals surface area contributed by atoms with Crippen molar-refractivity contribution in [3.8, 4) is 5.75 Å². The first kappa shape index (κ1) is 21.5. The van der Waals surface area contributed by atoms with E-state index in [-0.39, 0.29) is 12.0 Å². The number of rotatable bonds is 10. The second-order valence-corrected chi connectivity index (χ2v) is 7.81. The van der Waals surface area contributed by atoms with Crippen LogP contribution in [0.3, 0.4) is 0 Å². The predicted molar refractivity (Wildman–Crippen MR) is 122 cm³/mol. The highest BCUT2D eigenvalue weighted by Crippen LogP contribution is 2.37. The Morgan fingerprint density at radius 3 is 2.84 bits per heavy atom. The van der Waals surface area contributed by atoms with Crippen LogP contribution in [-0.2, 0) is 12.1 Å². The van der Waals surface area contributed by atoms with Gasteiger partial charge in [-0.25, -0.2) is 0 Å². The number of ether oxygens (including phenoxy) is 1. The molecule has 166 valence electrons. The molecule has 0 amide bonds. The van der Waals surface area contributed by atoms with Crippen molar-refractivity contribution in [3.05, 3.63) is 51.3 Å². The fourth-order valence-corrected chi connectivity index (χ4v) is 4.36. The molecule has 0 saturated carbocycles. The summed E-state index contributed by atoms with van der Waals surface area (Å²) in [5.41, 5.74) is 15.4. The normalized spacial score (nSPS) is 17.7. The van der Waals surface area contributed by atoms with Crippen molar-refractivity contribution >= 4 is 22.5 Å². The SMILES string of the molecule is COc1cccc2c1c(=O)c1c3c(c(CNCCN)[nH]n32)C=CC1(N)CCNCCO. The molecule has 0 spiro atoms. The van der Waals surface area contributed by atoms with Crippen molar-refractivity contribution < 1.29 is 9.84 Å². The van der Waals surface area contributed by atoms with E-state index >= 15 is 0 Å². The van der Waals surface area contributed by atoms with Gasteiger partial charge in [0.05, 0.1) is 46.9 Å². The molecule has 0 bridgehead atoms. The molecule has 9 nitrogen and oxygen atoms in total. The minimum atomic E-state index is -0.947. The summed E-state index contributed by atoms with van der Waals surface area (Å²) in [4.78, 5) is 13.8. The average molecular weight is 427 g/mol. The molecule has 9 heteroatoms. The van der Waals surface area contributed by atoms with Crippen molar-refractivity contribution in [1.29, 1.82) is 0 Å². The number of benzene rings is 1. The fourth-order valence-electron chi connectivity index (χ4n) is 4.36. The minimum Gasteiger partial charge on any atom is -0.496 e. The van der Waals surface area contributed by atoms with Crippen LogP contribution in [0.4, 0.5) is 0 Å². The van der Waals surface area contributed by atoms with Gasteiger partial charge in [-0.2, -0.15) is 0 Å². The lowest BCUT2D eigenvalue weighted by Crippen LogP contribution is -2.43. The lowest BCUT2D eigenvalue weighted by Gasteiger charge is -2.30. The van der Waals surface area contributed by atoms with Gasteiger partial charge in [-0.1, -0.05) is 18.2 Å². The maximum atomic E-state index is 13.8. The van der Waals surface area contributed by atoms with Gasteiger partial charge in [0.2, 0.25) is 0 Å². The lowest BCUT2D eigenvalue weighted by atomic mass is 9.81. The highest BCUT2D eigenvalue weighted by Gasteiger charge is 2.36. The van der Waals surface area contributed by atoms with Crippen LogP contribution in [-0.4, -0.2) is 54.6 Å². The first-order valence-corrected chi connectivity index (χ1v) is 10.5. The molecule has 0 radical (unpaired) electrons. The van der Waals surface area contributed by atoms with Crippen LogP contribution < -0.4 is 32.3 Å². The lowest BCUT2D eigenvalue weighted by molar-refractivity contribution is 0.290. The summed E-state index contributed by atoms with van der Waals surface area (Å²) in [6.45, 7) is 2.92. The Kier molecular flexibility index (Phi) is 6.12. The number of aromatic amines is 1. The maximum Gasteiger partial charge on any atom is 0.199 e. The standard InChI is InChI=1S/C22H30N6O3/c1-31-17-4-2-3-16-18(17)21(30)19-20-14(15(27-28(16)20)13-26-10-8-23)5-6-22(19,24)7-9-25-11-12-29/h2-6,25-27,29H,7-13,23-24H2,1H3. The number of aliphatic hydroxyl groups excluding tert-OH is 1. The Morgan fingerprint density at radius 2 is 2.10 bits per heavy atom. The van der Waals surface area contributed by atoms with Crippen molar-refractivity contribution in [3.63, 3.8) is 0 Å². The Hall–Kier alpha value is -2.69. The molecule has 31 heavy (non-hydrogen) atoms. The van der Waals surface area contributed by atoms with E-state index in [9.17, 15) is 4.79 Å². The number of hydrogen-bond acceptors (Lipinski definition) is 7. The number of aliphatic hydroxyl groups is 1. The highest BCUT2D eigenvalue weighted by molar-refractivity contribution is 5.93. The van der Waals surface area contributed by atoms with Crippen LogP contribution in [0.2, 0.25) is 0 Å². The first-order valence-electron chi connectivity index (χ1n) is 10.5. The third kappa shape index (κ3) is 3.64. The first-order chi connectivity index (χ1) is 15.1. The van der Waals surface area contributed by atoms with Crippen LogP contribution in [0, 0.1) is 0 Å². The van der Waals surface area contributed by atoms with Crippen LogP contribution in [0.1, 0.15) is 23.2 Å². The van der Waals surface area contributed by atoms with Crippen LogP contribution in [0.25, 0.3) is 22.5 Å². The van der Waals surface area contributed by atoms with Gasteiger partial charge in [-0.15, -0.1) is 0 Å². The van der Waals surface area contributed by atoms with Crippen molar-refractivity contribution in [1.82, 2.24) is 20.2 Å². The molecule has 1 aliphatic rings. The van der Waals surface area contributed by atoms with E-state index < -0.39 is 5.54 Å². The summed E-state index contributed by atoms with van der Waals surface area (Å²) in [5.74, 6) is 0.516. The molecule has 2 heterocycles. The summed E-state index contributed by atoms with van der Waals surface area (Å²) >= 11 is 0. The zero-order chi connectivity index (χ0) is 22.0. The van der Waals surface area contributed by atoms with Gasteiger partial charge in [0.15, 0.2) is 5.43 Å². The molecule has 2 aromatic heterocycles. The third-order valence-corrected chi connectivity index (χ3v) is 5.85. The summed E-state index contributed by atoms with van der Waals surface area (Å²) < 4.78 is 7.46. The maximum absolute atomic E-state index is 13.8.